The highest BCUT2D eigenvalue weighted by atomic mass is 32.2. The van der Waals surface area contributed by atoms with Crippen molar-refractivity contribution in [3.8, 4) is 11.1 Å². The number of amides is 1. The second-order valence-corrected chi connectivity index (χ2v) is 11.4. The van der Waals surface area contributed by atoms with Crippen LogP contribution >= 0.6 is 9.21 Å². The topological polar surface area (TPSA) is 95.7 Å². The summed E-state index contributed by atoms with van der Waals surface area (Å²) in [6.45, 7) is 0.768. The molecule has 168 valence electrons. The number of anilines is 2. The second-order valence-electron chi connectivity index (χ2n) is 8.38. The molecule has 0 radical (unpaired) electrons. The molecular weight excluding hydrogens is 436 g/mol. The molecule has 1 saturated heterocycles. The lowest BCUT2D eigenvalue weighted by atomic mass is 10.1. The van der Waals surface area contributed by atoms with E-state index in [0.29, 0.717) is 30.2 Å². The fourth-order valence-electron chi connectivity index (χ4n) is 3.65. The first-order valence-electron chi connectivity index (χ1n) is 10.4. The first-order valence-corrected chi connectivity index (χ1v) is 12.8. The summed E-state index contributed by atoms with van der Waals surface area (Å²) in [6.07, 6.45) is 7.07. The van der Waals surface area contributed by atoms with E-state index in [9.17, 15) is 9.90 Å². The van der Waals surface area contributed by atoms with Crippen LogP contribution in [0.2, 0.25) is 0 Å². The molecule has 4 heterocycles. The van der Waals surface area contributed by atoms with Gasteiger partial charge in [-0.3, -0.25) is 9.78 Å². The molecule has 0 aliphatic carbocycles. The number of hydrogen-bond acceptors (Lipinski definition) is 6. The van der Waals surface area contributed by atoms with Gasteiger partial charge in [0.2, 0.25) is 5.95 Å². The van der Waals surface area contributed by atoms with Crippen LogP contribution in [-0.2, 0) is 0 Å². The number of rotatable bonds is 5. The predicted molar refractivity (Wildman–Crippen MR) is 134 cm³/mol. The van der Waals surface area contributed by atoms with Crippen molar-refractivity contribution in [3.05, 3.63) is 66.6 Å². The molecule has 0 saturated carbocycles. The van der Waals surface area contributed by atoms with Gasteiger partial charge in [0.1, 0.15) is 0 Å². The summed E-state index contributed by atoms with van der Waals surface area (Å²) < 4.78 is 1.72. The Morgan fingerprint density at radius 2 is 1.94 bits per heavy atom. The first kappa shape index (κ1) is 21.2. The van der Waals surface area contributed by atoms with Crippen LogP contribution in [0, 0.1) is 0 Å². The molecule has 3 aromatic heterocycles. The molecule has 4 aromatic rings. The van der Waals surface area contributed by atoms with Gasteiger partial charge in [0.15, 0.2) is 5.65 Å². The van der Waals surface area contributed by atoms with Crippen LogP contribution in [-0.4, -0.2) is 72.7 Å². The smallest absolute Gasteiger partial charge is 0.254 e. The predicted octanol–water partition coefficient (Wildman–Crippen LogP) is 3.01. The lowest BCUT2D eigenvalue weighted by Crippen LogP contribution is -2.53. The van der Waals surface area contributed by atoms with Crippen LogP contribution in [0.25, 0.3) is 16.8 Å². The number of β-amino-alcohol motifs (C(OH)–C–C–N with tert-alkyl or cyclic N) is 1. The molecule has 2 N–H and O–H groups in total. The Morgan fingerprint density at radius 3 is 2.64 bits per heavy atom. The highest BCUT2D eigenvalue weighted by Crippen LogP contribution is 2.32. The average molecular weight is 461 g/mol. The third kappa shape index (κ3) is 4.20. The van der Waals surface area contributed by atoms with E-state index in [1.54, 1.807) is 27.7 Å². The van der Waals surface area contributed by atoms with E-state index in [1.807, 2.05) is 42.9 Å². The fourth-order valence-corrected chi connectivity index (χ4v) is 4.38. The molecule has 0 unspecified atom stereocenters. The zero-order chi connectivity index (χ0) is 23.2. The van der Waals surface area contributed by atoms with E-state index in [-0.39, 0.29) is 5.91 Å². The molecule has 0 spiro atoms. The van der Waals surface area contributed by atoms with Crippen molar-refractivity contribution in [1.82, 2.24) is 24.5 Å². The number of benzene rings is 1. The van der Waals surface area contributed by atoms with Crippen molar-refractivity contribution in [3.63, 3.8) is 0 Å². The van der Waals surface area contributed by atoms with E-state index >= 15 is 0 Å². The Balaban J connectivity index is 1.40. The molecule has 1 aliphatic heterocycles. The first-order chi connectivity index (χ1) is 15.8. The number of hydrogen-bond donors (Lipinski definition) is 2. The number of aromatic nitrogens is 4. The van der Waals surface area contributed by atoms with Gasteiger partial charge in [-0.25, -0.2) is 4.52 Å². The lowest BCUT2D eigenvalue weighted by molar-refractivity contribution is 0.00590. The van der Waals surface area contributed by atoms with E-state index in [1.165, 1.54) is 0 Å². The van der Waals surface area contributed by atoms with Crippen LogP contribution in [0.15, 0.2) is 66.0 Å². The minimum atomic E-state index is -1.40. The Bertz CT molecular complexity index is 1450. The van der Waals surface area contributed by atoms with E-state index in [4.69, 9.17) is 0 Å². The summed E-state index contributed by atoms with van der Waals surface area (Å²) >= 11 is 0. The molecule has 9 heteroatoms. The standard InChI is InChI=1S/C24H24N6O2S/c1-33(2,3)20-11-17(12-25-13-20)21-5-4-10-30-22(21)27-24(28-30)26-18-8-6-16(7-9-18)23(32)29-14-19(31)15-29/h4-13,19,31H,1-2,14-15H2,3H3,(H,26,28). The maximum atomic E-state index is 12.4. The Kier molecular flexibility index (Phi) is 5.15. The van der Waals surface area contributed by atoms with Crippen LogP contribution < -0.4 is 5.32 Å². The van der Waals surface area contributed by atoms with Gasteiger partial charge in [0.25, 0.3) is 5.91 Å². The maximum absolute atomic E-state index is 12.4. The van der Waals surface area contributed by atoms with Gasteiger partial charge in [-0.1, -0.05) is 11.7 Å². The SMILES string of the molecule is C=S(=C)(C)c1cncc(-c2cccn3nc(Nc4ccc(C(=O)N5CC(O)C5)cc4)nc23)c1. The molecule has 33 heavy (non-hydrogen) atoms. The summed E-state index contributed by atoms with van der Waals surface area (Å²) in [6, 6.07) is 13.1. The minimum Gasteiger partial charge on any atom is -0.389 e. The average Bonchev–Trinajstić information content (AvgIpc) is 3.19. The number of carbonyl (C=O) groups excluding carboxylic acids is 1. The van der Waals surface area contributed by atoms with E-state index in [2.05, 4.69) is 38.2 Å². The van der Waals surface area contributed by atoms with Crippen molar-refractivity contribution in [1.29, 1.82) is 0 Å². The van der Waals surface area contributed by atoms with Crippen LogP contribution in [0.1, 0.15) is 10.4 Å². The summed E-state index contributed by atoms with van der Waals surface area (Å²) in [5, 5.41) is 17.1. The number of carbonyl (C=O) groups is 1. The van der Waals surface area contributed by atoms with Gasteiger partial charge >= 0.3 is 0 Å². The van der Waals surface area contributed by atoms with E-state index in [0.717, 1.165) is 21.7 Å². The Morgan fingerprint density at radius 1 is 1.18 bits per heavy atom. The van der Waals surface area contributed by atoms with Crippen LogP contribution in [0.5, 0.6) is 0 Å². The summed E-state index contributed by atoms with van der Waals surface area (Å²) in [5.74, 6) is 8.72. The number of aliphatic hydroxyl groups is 1. The third-order valence-electron chi connectivity index (χ3n) is 5.49. The van der Waals surface area contributed by atoms with Gasteiger partial charge in [-0.05, 0) is 48.7 Å². The zero-order valence-corrected chi connectivity index (χ0v) is 19.0. The van der Waals surface area contributed by atoms with Gasteiger partial charge in [0, 0.05) is 59.0 Å². The number of nitrogens with one attached hydrogen (secondary N) is 1. The monoisotopic (exact) mass is 460 g/mol. The minimum absolute atomic E-state index is 0.0827. The molecule has 1 amide bonds. The lowest BCUT2D eigenvalue weighted by Gasteiger charge is -2.35. The van der Waals surface area contributed by atoms with Crippen molar-refractivity contribution < 1.29 is 9.90 Å². The van der Waals surface area contributed by atoms with Gasteiger partial charge in [-0.15, -0.1) is 5.10 Å². The normalized spacial score (nSPS) is 14.3. The van der Waals surface area contributed by atoms with Crippen molar-refractivity contribution in [2.45, 2.75) is 11.0 Å². The second kappa shape index (κ2) is 8.02. The van der Waals surface area contributed by atoms with Crippen molar-refractivity contribution >= 4 is 44.1 Å². The molecule has 5 rings (SSSR count). The molecule has 1 fully saturated rings. The quantitative estimate of drug-likeness (QED) is 0.445. The Labute approximate surface area is 192 Å². The summed E-state index contributed by atoms with van der Waals surface area (Å²) in [5.41, 5.74) is 3.89. The van der Waals surface area contributed by atoms with E-state index < -0.39 is 15.3 Å². The van der Waals surface area contributed by atoms with Gasteiger partial charge in [-0.2, -0.15) is 14.2 Å². The van der Waals surface area contributed by atoms with Gasteiger partial charge < -0.3 is 15.3 Å². The molecule has 1 aliphatic rings. The molecule has 0 bridgehead atoms. The molecule has 0 atom stereocenters. The maximum Gasteiger partial charge on any atom is 0.254 e. The Hall–Kier alpha value is -3.69. The van der Waals surface area contributed by atoms with Crippen LogP contribution in [0.3, 0.4) is 0 Å². The molecule has 8 nitrogen and oxygen atoms in total. The number of aliphatic hydroxyl groups excluding tert-OH is 1. The van der Waals surface area contributed by atoms with Gasteiger partial charge in [0.05, 0.1) is 6.10 Å². The number of nitrogens with zero attached hydrogens (tertiary/aromatic N) is 5. The zero-order valence-electron chi connectivity index (χ0n) is 18.2. The molecule has 1 aromatic carbocycles. The van der Waals surface area contributed by atoms with Crippen molar-refractivity contribution in [2.75, 3.05) is 24.7 Å². The summed E-state index contributed by atoms with van der Waals surface area (Å²) in [4.78, 5) is 24.1. The molecular formula is C24H24N6O2S. The summed E-state index contributed by atoms with van der Waals surface area (Å²) in [7, 11) is -1.40. The third-order valence-corrected chi connectivity index (χ3v) is 6.85. The fraction of sp³-hybridized carbons (Fsp3) is 0.167. The largest absolute Gasteiger partial charge is 0.389 e. The van der Waals surface area contributed by atoms with Crippen molar-refractivity contribution in [2.24, 2.45) is 0 Å². The number of likely N-dealkylation sites (tertiary alicyclic amines) is 1. The van der Waals surface area contributed by atoms with Crippen LogP contribution in [0.4, 0.5) is 11.6 Å². The highest BCUT2D eigenvalue weighted by molar-refractivity contribution is 8.27. The number of fused-ring (bicyclic) bond motifs is 1. The number of pyridine rings is 2. The highest BCUT2D eigenvalue weighted by Gasteiger charge is 2.29.